The SMILES string of the molecule is c1cnc2sc3nnccc3c2c1. The number of nitrogens with zero attached hydrogens (tertiary/aromatic N) is 3. The van der Waals surface area contributed by atoms with Crippen LogP contribution in [0.25, 0.3) is 20.4 Å². The van der Waals surface area contributed by atoms with Crippen molar-refractivity contribution in [3.63, 3.8) is 0 Å². The lowest BCUT2D eigenvalue weighted by molar-refractivity contribution is 1.09. The summed E-state index contributed by atoms with van der Waals surface area (Å²) < 4.78 is 0. The van der Waals surface area contributed by atoms with E-state index in [1.165, 1.54) is 0 Å². The van der Waals surface area contributed by atoms with Crippen molar-refractivity contribution in [3.05, 3.63) is 30.6 Å². The molecule has 0 unspecified atom stereocenters. The number of pyridine rings is 1. The van der Waals surface area contributed by atoms with Crippen molar-refractivity contribution in [1.82, 2.24) is 15.2 Å². The fourth-order valence-corrected chi connectivity index (χ4v) is 2.33. The number of thiophene rings is 1. The van der Waals surface area contributed by atoms with E-state index < -0.39 is 0 Å². The smallest absolute Gasteiger partial charge is 0.148 e. The molecule has 3 rings (SSSR count). The zero-order valence-corrected chi connectivity index (χ0v) is 7.45. The first-order valence-electron chi connectivity index (χ1n) is 3.90. The topological polar surface area (TPSA) is 38.7 Å². The van der Waals surface area contributed by atoms with Crippen LogP contribution in [0.5, 0.6) is 0 Å². The molecule has 0 atom stereocenters. The zero-order chi connectivity index (χ0) is 8.67. The third kappa shape index (κ3) is 0.922. The molecule has 0 aromatic carbocycles. The fourth-order valence-electron chi connectivity index (χ4n) is 1.37. The summed E-state index contributed by atoms with van der Waals surface area (Å²) in [6, 6.07) is 5.97. The van der Waals surface area contributed by atoms with Gasteiger partial charge in [0.15, 0.2) is 0 Å². The Bertz CT molecular complexity index is 523. The van der Waals surface area contributed by atoms with E-state index in [4.69, 9.17) is 0 Å². The van der Waals surface area contributed by atoms with Gasteiger partial charge < -0.3 is 0 Å². The zero-order valence-electron chi connectivity index (χ0n) is 6.64. The van der Waals surface area contributed by atoms with Crippen LogP contribution in [-0.2, 0) is 0 Å². The van der Waals surface area contributed by atoms with Crippen LogP contribution in [0, 0.1) is 0 Å². The van der Waals surface area contributed by atoms with Crippen molar-refractivity contribution in [2.75, 3.05) is 0 Å². The molecule has 3 aromatic rings. The molecule has 0 aliphatic carbocycles. The van der Waals surface area contributed by atoms with Crippen LogP contribution in [0.2, 0.25) is 0 Å². The maximum absolute atomic E-state index is 4.27. The highest BCUT2D eigenvalue weighted by Gasteiger charge is 2.04. The van der Waals surface area contributed by atoms with Gasteiger partial charge in [0.25, 0.3) is 0 Å². The highest BCUT2D eigenvalue weighted by molar-refractivity contribution is 7.25. The number of hydrogen-bond acceptors (Lipinski definition) is 4. The minimum atomic E-state index is 0.955. The van der Waals surface area contributed by atoms with Gasteiger partial charge >= 0.3 is 0 Å². The minimum Gasteiger partial charge on any atom is -0.245 e. The maximum atomic E-state index is 4.27. The molecule has 0 fully saturated rings. The van der Waals surface area contributed by atoms with E-state index >= 15 is 0 Å². The predicted octanol–water partition coefficient (Wildman–Crippen LogP) is 2.24. The predicted molar refractivity (Wildman–Crippen MR) is 52.7 cm³/mol. The quantitative estimate of drug-likeness (QED) is 0.541. The van der Waals surface area contributed by atoms with Gasteiger partial charge in [0.2, 0.25) is 0 Å². The van der Waals surface area contributed by atoms with E-state index in [0.717, 1.165) is 20.4 Å². The Morgan fingerprint density at radius 3 is 2.92 bits per heavy atom. The van der Waals surface area contributed by atoms with Gasteiger partial charge in [-0.15, -0.1) is 5.10 Å². The second-order valence-electron chi connectivity index (χ2n) is 2.71. The Balaban J connectivity index is 2.64. The number of rotatable bonds is 0. The second-order valence-corrected chi connectivity index (χ2v) is 3.69. The van der Waals surface area contributed by atoms with Crippen molar-refractivity contribution in [2.45, 2.75) is 0 Å². The summed E-state index contributed by atoms with van der Waals surface area (Å²) in [4.78, 5) is 6.25. The summed E-state index contributed by atoms with van der Waals surface area (Å²) in [5.74, 6) is 0. The molecule has 0 aliphatic rings. The Morgan fingerprint density at radius 1 is 1.00 bits per heavy atom. The van der Waals surface area contributed by atoms with E-state index in [0.29, 0.717) is 0 Å². The van der Waals surface area contributed by atoms with Crippen LogP contribution in [-0.4, -0.2) is 15.2 Å². The lowest BCUT2D eigenvalue weighted by Crippen LogP contribution is -1.75. The molecule has 0 aliphatic heterocycles. The van der Waals surface area contributed by atoms with Gasteiger partial charge in [-0.1, -0.05) is 11.3 Å². The molecule has 0 radical (unpaired) electrons. The molecule has 0 spiro atoms. The van der Waals surface area contributed by atoms with Crippen LogP contribution < -0.4 is 0 Å². The van der Waals surface area contributed by atoms with Crippen molar-refractivity contribution >= 4 is 31.8 Å². The highest BCUT2D eigenvalue weighted by atomic mass is 32.1. The summed E-state index contributed by atoms with van der Waals surface area (Å²) in [7, 11) is 0. The van der Waals surface area contributed by atoms with E-state index in [2.05, 4.69) is 21.2 Å². The first-order valence-corrected chi connectivity index (χ1v) is 4.72. The Hall–Kier alpha value is -1.55. The van der Waals surface area contributed by atoms with E-state index in [1.807, 2.05) is 12.1 Å². The van der Waals surface area contributed by atoms with Gasteiger partial charge in [0, 0.05) is 17.0 Å². The van der Waals surface area contributed by atoms with E-state index in [9.17, 15) is 0 Å². The van der Waals surface area contributed by atoms with Gasteiger partial charge in [-0.25, -0.2) is 4.98 Å². The molecule has 13 heavy (non-hydrogen) atoms. The first-order chi connectivity index (χ1) is 6.45. The lowest BCUT2D eigenvalue weighted by atomic mass is 10.2. The van der Waals surface area contributed by atoms with Crippen molar-refractivity contribution in [2.24, 2.45) is 0 Å². The summed E-state index contributed by atoms with van der Waals surface area (Å²) in [5, 5.41) is 10.2. The molecule has 3 aromatic heterocycles. The monoisotopic (exact) mass is 187 g/mol. The molecular formula is C9H5N3S. The summed E-state index contributed by atoms with van der Waals surface area (Å²) >= 11 is 1.58. The summed E-state index contributed by atoms with van der Waals surface area (Å²) in [5.41, 5.74) is 0. The molecule has 0 bridgehead atoms. The first kappa shape index (κ1) is 6.91. The average molecular weight is 187 g/mol. The number of fused-ring (bicyclic) bond motifs is 3. The van der Waals surface area contributed by atoms with Crippen molar-refractivity contribution in [3.8, 4) is 0 Å². The fraction of sp³-hybridized carbons (Fsp3) is 0. The highest BCUT2D eigenvalue weighted by Crippen LogP contribution is 2.29. The molecule has 0 amide bonds. The van der Waals surface area contributed by atoms with E-state index in [-0.39, 0.29) is 0 Å². The molecule has 3 heterocycles. The number of hydrogen-bond donors (Lipinski definition) is 0. The van der Waals surface area contributed by atoms with Gasteiger partial charge in [-0.05, 0) is 18.2 Å². The molecule has 0 N–H and O–H groups in total. The van der Waals surface area contributed by atoms with Crippen LogP contribution in [0.15, 0.2) is 30.6 Å². The van der Waals surface area contributed by atoms with Crippen LogP contribution in [0.1, 0.15) is 0 Å². The second kappa shape index (κ2) is 2.47. The standard InChI is InChI=1S/C9H5N3S/c1-2-6-7-3-5-11-12-9(7)13-8(6)10-4-1/h1-5H. The number of aromatic nitrogens is 3. The third-order valence-electron chi connectivity index (χ3n) is 1.94. The van der Waals surface area contributed by atoms with Gasteiger partial charge in [0.1, 0.15) is 9.66 Å². The maximum Gasteiger partial charge on any atom is 0.148 e. The Morgan fingerprint density at radius 2 is 1.92 bits per heavy atom. The normalized spacial score (nSPS) is 11.1. The van der Waals surface area contributed by atoms with Gasteiger partial charge in [0.05, 0.1) is 6.20 Å². The Labute approximate surface area is 78.1 Å². The van der Waals surface area contributed by atoms with E-state index in [1.54, 1.807) is 23.7 Å². The van der Waals surface area contributed by atoms with Gasteiger partial charge in [-0.2, -0.15) is 5.10 Å². The van der Waals surface area contributed by atoms with Gasteiger partial charge in [-0.3, -0.25) is 0 Å². The summed E-state index contributed by atoms with van der Waals surface area (Å²) in [6.45, 7) is 0. The van der Waals surface area contributed by atoms with Crippen LogP contribution in [0.3, 0.4) is 0 Å². The van der Waals surface area contributed by atoms with Crippen molar-refractivity contribution < 1.29 is 0 Å². The third-order valence-corrected chi connectivity index (χ3v) is 2.96. The molecule has 0 saturated heterocycles. The van der Waals surface area contributed by atoms with Crippen LogP contribution in [0.4, 0.5) is 0 Å². The molecule has 3 nitrogen and oxygen atoms in total. The van der Waals surface area contributed by atoms with Crippen molar-refractivity contribution in [1.29, 1.82) is 0 Å². The average Bonchev–Trinajstić information content (AvgIpc) is 2.56. The Kier molecular flexibility index (Phi) is 1.31. The van der Waals surface area contributed by atoms with Crippen LogP contribution >= 0.6 is 11.3 Å². The summed E-state index contributed by atoms with van der Waals surface area (Å²) in [6.07, 6.45) is 3.51. The molecule has 0 saturated carbocycles. The largest absolute Gasteiger partial charge is 0.245 e. The molecule has 4 heteroatoms. The molecule has 62 valence electrons. The minimum absolute atomic E-state index is 0.955. The molecular weight excluding hydrogens is 182 g/mol. The lowest BCUT2D eigenvalue weighted by Gasteiger charge is -1.86.